The van der Waals surface area contributed by atoms with Crippen molar-refractivity contribution >= 4 is 55.3 Å². The van der Waals surface area contributed by atoms with Gasteiger partial charge in [-0.1, -0.05) is 92.7 Å². The van der Waals surface area contributed by atoms with Crippen molar-refractivity contribution in [2.75, 3.05) is 0 Å². The summed E-state index contributed by atoms with van der Waals surface area (Å²) in [7, 11) is 0. The first-order valence-electron chi connectivity index (χ1n) is 15.0. The predicted octanol–water partition coefficient (Wildman–Crippen LogP) is 10.4. The van der Waals surface area contributed by atoms with E-state index < -0.39 is 0 Å². The zero-order valence-corrected chi connectivity index (χ0v) is 24.2. The number of fused-ring (bicyclic) bond motifs is 9. The summed E-state index contributed by atoms with van der Waals surface area (Å²) in [4.78, 5) is 1.54. The quantitative estimate of drug-likeness (QED) is 0.219. The Kier molecular flexibility index (Phi) is 5.09. The van der Waals surface area contributed by atoms with Gasteiger partial charge in [0.2, 0.25) is 0 Å². The van der Waals surface area contributed by atoms with Gasteiger partial charge in [0.05, 0.1) is 17.6 Å². The minimum Gasteiger partial charge on any atom is -0.313 e. The van der Waals surface area contributed by atoms with Crippen LogP contribution in [0.4, 0.5) is 0 Å². The summed E-state index contributed by atoms with van der Waals surface area (Å²) in [5.41, 5.74) is 9.59. The Morgan fingerprint density at radius 1 is 0.707 bits per heavy atom. The molecule has 0 saturated carbocycles. The monoisotopic (exact) mass is 548 g/mol. The Balaban J connectivity index is 1.26. The lowest BCUT2D eigenvalue weighted by atomic mass is 9.90. The first-order valence-corrected chi connectivity index (χ1v) is 15.8. The predicted molar refractivity (Wildman–Crippen MR) is 175 cm³/mol. The molecule has 9 rings (SSSR count). The van der Waals surface area contributed by atoms with Crippen LogP contribution in [0.15, 0.2) is 91.0 Å². The first kappa shape index (κ1) is 23.8. The highest BCUT2D eigenvalue weighted by Gasteiger charge is 2.38. The number of hydrogen-bond donors (Lipinski definition) is 1. The molecule has 0 radical (unpaired) electrons. The van der Waals surface area contributed by atoms with Crippen molar-refractivity contribution in [2.45, 2.75) is 50.6 Å². The van der Waals surface area contributed by atoms with Gasteiger partial charge in [0.25, 0.3) is 0 Å². The Hall–Kier alpha value is -3.92. The van der Waals surface area contributed by atoms with Gasteiger partial charge >= 0.3 is 0 Å². The summed E-state index contributed by atoms with van der Waals surface area (Å²) in [5.74, 6) is 1.05. The standard InChI is InChI=1S/C38H32N2S/c1-22-9-6-15-29-33-27-18-20-32-34(30-16-7-10-23(2)38(30)41-32)28(27)17-19-31(33)40(37(22)29)26-14-8-13-25(21-26)36-35(39-36)24-11-4-3-5-12-24/h3-8,11-23,35-36,39H,9-10H2,1-2H3/t22?,23?,35?,36-/m1/s1. The molecule has 3 heterocycles. The SMILES string of the molecule is CC1CC=Cc2c1sc1ccc3c(ccc4c3c3c(n4-c4cccc([C@H]5NC5c5ccccc5)c4)C(C)CC=C3)c21. The van der Waals surface area contributed by atoms with Crippen LogP contribution in [0.25, 0.3) is 49.6 Å². The molecule has 1 fully saturated rings. The Labute approximate surface area is 244 Å². The zero-order chi connectivity index (χ0) is 27.2. The zero-order valence-electron chi connectivity index (χ0n) is 23.4. The van der Waals surface area contributed by atoms with Crippen LogP contribution >= 0.6 is 11.3 Å². The molecular formula is C38H32N2S. The maximum absolute atomic E-state index is 3.72. The van der Waals surface area contributed by atoms with Gasteiger partial charge in [0.1, 0.15) is 0 Å². The molecule has 4 atom stereocenters. The largest absolute Gasteiger partial charge is 0.313 e. The maximum Gasteiger partial charge on any atom is 0.0544 e. The van der Waals surface area contributed by atoms with Crippen LogP contribution in [-0.2, 0) is 0 Å². The van der Waals surface area contributed by atoms with Gasteiger partial charge in [-0.05, 0) is 70.5 Å². The van der Waals surface area contributed by atoms with E-state index in [0.29, 0.717) is 23.9 Å². The maximum atomic E-state index is 3.72. The van der Waals surface area contributed by atoms with Crippen LogP contribution in [0.1, 0.15) is 83.4 Å². The molecule has 1 N–H and O–H groups in total. The average molecular weight is 549 g/mol. The highest BCUT2D eigenvalue weighted by Crippen LogP contribution is 2.48. The average Bonchev–Trinajstić information content (AvgIpc) is 3.60. The normalized spacial score (nSPS) is 22.9. The van der Waals surface area contributed by atoms with Crippen LogP contribution in [0.5, 0.6) is 0 Å². The molecule has 3 heteroatoms. The fourth-order valence-corrected chi connectivity index (χ4v) is 8.85. The van der Waals surface area contributed by atoms with Crippen LogP contribution in [0.2, 0.25) is 0 Å². The van der Waals surface area contributed by atoms with E-state index >= 15 is 0 Å². The lowest BCUT2D eigenvalue weighted by molar-refractivity contribution is 0.723. The summed E-state index contributed by atoms with van der Waals surface area (Å²) in [6.07, 6.45) is 11.7. The molecule has 200 valence electrons. The van der Waals surface area contributed by atoms with E-state index in [1.54, 1.807) is 4.88 Å². The van der Waals surface area contributed by atoms with E-state index in [9.17, 15) is 0 Å². The molecule has 1 aliphatic heterocycles. The minimum atomic E-state index is 0.363. The minimum absolute atomic E-state index is 0.363. The van der Waals surface area contributed by atoms with Crippen LogP contribution in [-0.4, -0.2) is 4.57 Å². The van der Waals surface area contributed by atoms with Crippen molar-refractivity contribution < 1.29 is 0 Å². The van der Waals surface area contributed by atoms with Crippen molar-refractivity contribution in [2.24, 2.45) is 0 Å². The highest BCUT2D eigenvalue weighted by molar-refractivity contribution is 7.19. The van der Waals surface area contributed by atoms with E-state index in [4.69, 9.17) is 0 Å². The third-order valence-electron chi connectivity index (χ3n) is 9.61. The van der Waals surface area contributed by atoms with E-state index in [1.807, 2.05) is 11.3 Å². The van der Waals surface area contributed by atoms with Crippen LogP contribution in [0, 0.1) is 0 Å². The molecule has 1 saturated heterocycles. The molecule has 4 aromatic carbocycles. The van der Waals surface area contributed by atoms with E-state index in [0.717, 1.165) is 12.8 Å². The number of aromatic nitrogens is 1. The molecule has 6 aromatic rings. The lowest BCUT2D eigenvalue weighted by Gasteiger charge is -2.19. The van der Waals surface area contributed by atoms with Crippen LogP contribution in [0.3, 0.4) is 0 Å². The van der Waals surface area contributed by atoms with Crippen molar-refractivity contribution in [1.82, 2.24) is 9.88 Å². The summed E-state index contributed by atoms with van der Waals surface area (Å²) < 4.78 is 3.98. The lowest BCUT2D eigenvalue weighted by Crippen LogP contribution is -2.07. The summed E-state index contributed by atoms with van der Waals surface area (Å²) >= 11 is 1.99. The number of nitrogens with zero attached hydrogens (tertiary/aromatic N) is 1. The van der Waals surface area contributed by atoms with E-state index in [1.165, 1.54) is 65.4 Å². The molecule has 0 amide bonds. The molecule has 2 aromatic heterocycles. The van der Waals surface area contributed by atoms with Crippen molar-refractivity contribution in [1.29, 1.82) is 0 Å². The van der Waals surface area contributed by atoms with Gasteiger partial charge in [-0.2, -0.15) is 0 Å². The second kappa shape index (κ2) is 8.79. The molecular weight excluding hydrogens is 516 g/mol. The topological polar surface area (TPSA) is 26.9 Å². The fraction of sp³-hybridized carbons (Fsp3) is 0.211. The van der Waals surface area contributed by atoms with Crippen LogP contribution < -0.4 is 5.32 Å². The first-order chi connectivity index (χ1) is 20.2. The number of allylic oxidation sites excluding steroid dienone is 2. The van der Waals surface area contributed by atoms with Crippen molar-refractivity contribution in [3.05, 3.63) is 124 Å². The second-order valence-electron chi connectivity index (χ2n) is 12.2. The number of rotatable bonds is 3. The Morgan fingerprint density at radius 3 is 2.32 bits per heavy atom. The fourth-order valence-electron chi connectivity index (χ4n) is 7.58. The third-order valence-corrected chi connectivity index (χ3v) is 11.0. The number of hydrogen-bond acceptors (Lipinski definition) is 2. The number of nitrogens with one attached hydrogen (secondary N) is 1. The summed E-state index contributed by atoms with van der Waals surface area (Å²) in [6, 6.07) is 30.4. The molecule has 0 bridgehead atoms. The van der Waals surface area contributed by atoms with Gasteiger partial charge in [-0.15, -0.1) is 11.3 Å². The van der Waals surface area contributed by atoms with Gasteiger partial charge in [-0.25, -0.2) is 0 Å². The molecule has 3 aliphatic rings. The number of thiophene rings is 1. The third kappa shape index (κ3) is 3.46. The second-order valence-corrected chi connectivity index (χ2v) is 13.3. The summed E-state index contributed by atoms with van der Waals surface area (Å²) in [5, 5.41) is 9.32. The smallest absolute Gasteiger partial charge is 0.0544 e. The Morgan fingerprint density at radius 2 is 1.44 bits per heavy atom. The molecule has 2 nitrogen and oxygen atoms in total. The molecule has 3 unspecified atom stereocenters. The molecule has 2 aliphatic carbocycles. The molecule has 41 heavy (non-hydrogen) atoms. The van der Waals surface area contributed by atoms with E-state index in [2.05, 4.69) is 127 Å². The Bertz CT molecular complexity index is 2070. The van der Waals surface area contributed by atoms with Gasteiger partial charge in [0.15, 0.2) is 0 Å². The van der Waals surface area contributed by atoms with E-state index in [-0.39, 0.29) is 0 Å². The molecule has 0 spiro atoms. The van der Waals surface area contributed by atoms with Crippen molar-refractivity contribution in [3.63, 3.8) is 0 Å². The van der Waals surface area contributed by atoms with Gasteiger partial charge in [-0.3, -0.25) is 5.32 Å². The van der Waals surface area contributed by atoms with Gasteiger partial charge in [0, 0.05) is 43.2 Å². The van der Waals surface area contributed by atoms with Crippen molar-refractivity contribution in [3.8, 4) is 5.69 Å². The van der Waals surface area contributed by atoms with Gasteiger partial charge < -0.3 is 4.57 Å². The highest BCUT2D eigenvalue weighted by atomic mass is 32.1. The summed E-state index contributed by atoms with van der Waals surface area (Å²) in [6.45, 7) is 4.76. The number of benzene rings is 4.